The number of carbonyl (C=O) groups is 2. The standard InChI is InChI=1S/C18H21F2N3O2/c1-2-8-22-10-12(6-7-16(22)24)21-13-9-17(25)23(11-13)18-14(19)4-3-5-15(18)20/h2-5,12-13,21H,1,6-11H2. The first kappa shape index (κ1) is 17.5. The van der Waals surface area contributed by atoms with Gasteiger partial charge in [0.05, 0.1) is 0 Å². The van der Waals surface area contributed by atoms with Gasteiger partial charge in [0.1, 0.15) is 17.3 Å². The number of anilines is 1. The lowest BCUT2D eigenvalue weighted by atomic mass is 10.0. The van der Waals surface area contributed by atoms with Crippen molar-refractivity contribution in [3.8, 4) is 0 Å². The van der Waals surface area contributed by atoms with Gasteiger partial charge in [-0.25, -0.2) is 8.78 Å². The minimum atomic E-state index is -0.741. The average molecular weight is 349 g/mol. The molecule has 2 saturated heterocycles. The Labute approximate surface area is 145 Å². The summed E-state index contributed by atoms with van der Waals surface area (Å²) in [5, 5.41) is 3.36. The molecular formula is C18H21F2N3O2. The summed E-state index contributed by atoms with van der Waals surface area (Å²) in [6.07, 6.45) is 2.99. The Morgan fingerprint density at radius 3 is 2.56 bits per heavy atom. The van der Waals surface area contributed by atoms with Crippen LogP contribution < -0.4 is 10.2 Å². The SMILES string of the molecule is C=CCN1CC(NC2CC(=O)N(c3c(F)cccc3F)C2)CCC1=O. The molecule has 2 atom stereocenters. The van der Waals surface area contributed by atoms with Crippen molar-refractivity contribution in [2.45, 2.75) is 31.3 Å². The van der Waals surface area contributed by atoms with Gasteiger partial charge >= 0.3 is 0 Å². The van der Waals surface area contributed by atoms with Crippen molar-refractivity contribution in [3.63, 3.8) is 0 Å². The molecule has 1 N–H and O–H groups in total. The van der Waals surface area contributed by atoms with Crippen LogP contribution in [0.15, 0.2) is 30.9 Å². The summed E-state index contributed by atoms with van der Waals surface area (Å²) in [4.78, 5) is 26.9. The molecule has 2 unspecified atom stereocenters. The summed E-state index contributed by atoms with van der Waals surface area (Å²) in [7, 11) is 0. The number of rotatable bonds is 5. The molecule has 0 aliphatic carbocycles. The fourth-order valence-corrected chi connectivity index (χ4v) is 3.50. The summed E-state index contributed by atoms with van der Waals surface area (Å²) >= 11 is 0. The third-order valence-corrected chi connectivity index (χ3v) is 4.65. The number of halogens is 2. The van der Waals surface area contributed by atoms with Crippen molar-refractivity contribution < 1.29 is 18.4 Å². The van der Waals surface area contributed by atoms with E-state index in [-0.39, 0.29) is 42.6 Å². The smallest absolute Gasteiger partial charge is 0.228 e. The molecule has 25 heavy (non-hydrogen) atoms. The lowest BCUT2D eigenvalue weighted by Crippen LogP contribution is -2.51. The Hall–Kier alpha value is -2.28. The van der Waals surface area contributed by atoms with Crippen LogP contribution in [-0.2, 0) is 9.59 Å². The highest BCUT2D eigenvalue weighted by atomic mass is 19.1. The number of amides is 2. The van der Waals surface area contributed by atoms with E-state index in [0.29, 0.717) is 25.9 Å². The van der Waals surface area contributed by atoms with E-state index in [1.807, 2.05) is 0 Å². The summed E-state index contributed by atoms with van der Waals surface area (Å²) in [5.74, 6) is -1.70. The van der Waals surface area contributed by atoms with Gasteiger partial charge in [0.15, 0.2) is 0 Å². The van der Waals surface area contributed by atoms with E-state index in [4.69, 9.17) is 0 Å². The first-order valence-electron chi connectivity index (χ1n) is 8.38. The van der Waals surface area contributed by atoms with Gasteiger partial charge < -0.3 is 15.1 Å². The molecular weight excluding hydrogens is 328 g/mol. The number of hydrogen-bond acceptors (Lipinski definition) is 3. The molecule has 2 aliphatic rings. The first-order valence-corrected chi connectivity index (χ1v) is 8.38. The summed E-state index contributed by atoms with van der Waals surface area (Å²) in [6.45, 7) is 4.90. The second-order valence-electron chi connectivity index (χ2n) is 6.47. The number of hydrogen-bond donors (Lipinski definition) is 1. The normalized spacial score (nSPS) is 24.1. The van der Waals surface area contributed by atoms with Crippen molar-refractivity contribution in [1.29, 1.82) is 0 Å². The first-order chi connectivity index (χ1) is 12.0. The lowest BCUT2D eigenvalue weighted by molar-refractivity contribution is -0.133. The zero-order chi connectivity index (χ0) is 18.0. The van der Waals surface area contributed by atoms with E-state index in [9.17, 15) is 18.4 Å². The van der Waals surface area contributed by atoms with E-state index in [2.05, 4.69) is 11.9 Å². The molecule has 0 saturated carbocycles. The highest BCUT2D eigenvalue weighted by Crippen LogP contribution is 2.28. The van der Waals surface area contributed by atoms with Gasteiger partial charge in [-0.3, -0.25) is 9.59 Å². The number of nitrogens with one attached hydrogen (secondary N) is 1. The van der Waals surface area contributed by atoms with Gasteiger partial charge in [-0.1, -0.05) is 12.1 Å². The van der Waals surface area contributed by atoms with E-state index in [1.54, 1.807) is 11.0 Å². The van der Waals surface area contributed by atoms with Crippen LogP contribution in [0.4, 0.5) is 14.5 Å². The van der Waals surface area contributed by atoms with Gasteiger partial charge in [0.25, 0.3) is 0 Å². The maximum Gasteiger partial charge on any atom is 0.228 e. The van der Waals surface area contributed by atoms with Crippen LogP contribution in [0.1, 0.15) is 19.3 Å². The Morgan fingerprint density at radius 2 is 1.88 bits per heavy atom. The van der Waals surface area contributed by atoms with Crippen LogP contribution in [0.3, 0.4) is 0 Å². The van der Waals surface area contributed by atoms with Crippen molar-refractivity contribution in [2.75, 3.05) is 24.5 Å². The Bertz CT molecular complexity index is 675. The average Bonchev–Trinajstić information content (AvgIpc) is 2.91. The molecule has 0 bridgehead atoms. The molecule has 2 heterocycles. The minimum Gasteiger partial charge on any atom is -0.337 e. The quantitative estimate of drug-likeness (QED) is 0.826. The van der Waals surface area contributed by atoms with Crippen LogP contribution in [0.2, 0.25) is 0 Å². The lowest BCUT2D eigenvalue weighted by Gasteiger charge is -2.34. The third kappa shape index (κ3) is 3.71. The zero-order valence-corrected chi connectivity index (χ0v) is 13.9. The van der Waals surface area contributed by atoms with Crippen molar-refractivity contribution in [1.82, 2.24) is 10.2 Å². The second-order valence-corrected chi connectivity index (χ2v) is 6.47. The third-order valence-electron chi connectivity index (χ3n) is 4.65. The fraction of sp³-hybridized carbons (Fsp3) is 0.444. The van der Waals surface area contributed by atoms with E-state index >= 15 is 0 Å². The van der Waals surface area contributed by atoms with E-state index in [0.717, 1.165) is 17.0 Å². The monoisotopic (exact) mass is 349 g/mol. The number of piperidine rings is 1. The van der Waals surface area contributed by atoms with E-state index < -0.39 is 11.6 Å². The van der Waals surface area contributed by atoms with Crippen LogP contribution in [0.25, 0.3) is 0 Å². The molecule has 0 radical (unpaired) electrons. The van der Waals surface area contributed by atoms with E-state index in [1.165, 1.54) is 6.07 Å². The Balaban J connectivity index is 1.65. The molecule has 0 spiro atoms. The number of benzene rings is 1. The summed E-state index contributed by atoms with van der Waals surface area (Å²) in [6, 6.07) is 3.42. The molecule has 7 heteroatoms. The van der Waals surface area contributed by atoms with Gasteiger partial charge in [0, 0.05) is 44.6 Å². The van der Waals surface area contributed by atoms with Crippen LogP contribution in [-0.4, -0.2) is 48.4 Å². The highest BCUT2D eigenvalue weighted by molar-refractivity contribution is 5.96. The predicted molar refractivity (Wildman–Crippen MR) is 90.1 cm³/mol. The number of para-hydroxylation sites is 1. The number of likely N-dealkylation sites (tertiary alicyclic amines) is 1. The van der Waals surface area contributed by atoms with Crippen molar-refractivity contribution in [3.05, 3.63) is 42.5 Å². The van der Waals surface area contributed by atoms with Crippen LogP contribution in [0.5, 0.6) is 0 Å². The summed E-state index contributed by atoms with van der Waals surface area (Å²) in [5.41, 5.74) is -0.288. The van der Waals surface area contributed by atoms with Crippen molar-refractivity contribution >= 4 is 17.5 Å². The minimum absolute atomic E-state index is 0.0564. The second kappa shape index (κ2) is 7.31. The van der Waals surface area contributed by atoms with Gasteiger partial charge in [-0.15, -0.1) is 6.58 Å². The van der Waals surface area contributed by atoms with Gasteiger partial charge in [0.2, 0.25) is 11.8 Å². The molecule has 2 amide bonds. The molecule has 5 nitrogen and oxygen atoms in total. The van der Waals surface area contributed by atoms with Crippen LogP contribution >= 0.6 is 0 Å². The maximum absolute atomic E-state index is 13.9. The maximum atomic E-state index is 13.9. The zero-order valence-electron chi connectivity index (χ0n) is 13.9. The predicted octanol–water partition coefficient (Wildman–Crippen LogP) is 1.84. The molecule has 134 valence electrons. The summed E-state index contributed by atoms with van der Waals surface area (Å²) < 4.78 is 27.9. The number of carbonyl (C=O) groups excluding carboxylic acids is 2. The molecule has 0 aromatic heterocycles. The molecule has 2 fully saturated rings. The Kier molecular flexibility index (Phi) is 5.13. The molecule has 1 aromatic carbocycles. The molecule has 1 aromatic rings. The molecule has 3 rings (SSSR count). The van der Waals surface area contributed by atoms with Crippen molar-refractivity contribution in [2.24, 2.45) is 0 Å². The van der Waals surface area contributed by atoms with Gasteiger partial charge in [-0.05, 0) is 18.6 Å². The highest BCUT2D eigenvalue weighted by Gasteiger charge is 2.35. The number of nitrogens with zero attached hydrogens (tertiary/aromatic N) is 2. The van der Waals surface area contributed by atoms with Crippen LogP contribution in [0, 0.1) is 11.6 Å². The van der Waals surface area contributed by atoms with Gasteiger partial charge in [-0.2, -0.15) is 0 Å². The topological polar surface area (TPSA) is 52.7 Å². The Morgan fingerprint density at radius 1 is 1.16 bits per heavy atom. The fourth-order valence-electron chi connectivity index (χ4n) is 3.50. The molecule has 2 aliphatic heterocycles. The largest absolute Gasteiger partial charge is 0.337 e.